The Hall–Kier alpha value is -1.77. The summed E-state index contributed by atoms with van der Waals surface area (Å²) < 4.78 is 78.1. The van der Waals surface area contributed by atoms with Crippen LogP contribution in [0.4, 0.5) is 26.3 Å². The van der Waals surface area contributed by atoms with Crippen LogP contribution in [0.1, 0.15) is 49.8 Å². The van der Waals surface area contributed by atoms with Crippen LogP contribution in [0.25, 0.3) is 0 Å². The summed E-state index contributed by atoms with van der Waals surface area (Å²) in [5.74, 6) is -3.02. The van der Waals surface area contributed by atoms with Crippen molar-refractivity contribution in [3.63, 3.8) is 0 Å². The number of alkyl halides is 6. The molecule has 0 aliphatic rings. The highest BCUT2D eigenvalue weighted by atomic mass is 19.4. The van der Waals surface area contributed by atoms with E-state index in [9.17, 15) is 31.1 Å². The number of halogens is 6. The van der Waals surface area contributed by atoms with Gasteiger partial charge in [0, 0.05) is 0 Å². The molecule has 0 fully saturated rings. The van der Waals surface area contributed by atoms with Crippen molar-refractivity contribution >= 4 is 5.97 Å². The highest BCUT2D eigenvalue weighted by molar-refractivity contribution is 5.77. The van der Waals surface area contributed by atoms with E-state index in [1.54, 1.807) is 0 Å². The van der Waals surface area contributed by atoms with Crippen LogP contribution >= 0.6 is 0 Å². The summed E-state index contributed by atoms with van der Waals surface area (Å²) in [7, 11) is 0. The van der Waals surface area contributed by atoms with Gasteiger partial charge in [0.15, 0.2) is 0 Å². The number of carboxylic acids is 1. The third kappa shape index (κ3) is 5.10. The Morgan fingerprint density at radius 2 is 1.64 bits per heavy atom. The molecule has 0 saturated heterocycles. The van der Waals surface area contributed by atoms with Crippen LogP contribution in [0.3, 0.4) is 0 Å². The number of nitrogens with two attached hydrogens (primary N) is 1. The molecule has 25 heavy (non-hydrogen) atoms. The van der Waals surface area contributed by atoms with E-state index < -0.39 is 52.4 Å². The van der Waals surface area contributed by atoms with Gasteiger partial charge >= 0.3 is 18.3 Å². The van der Waals surface area contributed by atoms with E-state index in [0.29, 0.717) is 18.2 Å². The van der Waals surface area contributed by atoms with E-state index in [0.717, 1.165) is 0 Å². The van der Waals surface area contributed by atoms with Gasteiger partial charge in [-0.25, -0.2) is 0 Å². The molecular formula is C16H19F6NO2. The van der Waals surface area contributed by atoms with Crippen molar-refractivity contribution < 1.29 is 36.2 Å². The molecule has 1 aromatic carbocycles. The van der Waals surface area contributed by atoms with Crippen molar-refractivity contribution in [1.82, 2.24) is 0 Å². The van der Waals surface area contributed by atoms with Crippen LogP contribution in [0.15, 0.2) is 18.2 Å². The maximum Gasteiger partial charge on any atom is 0.416 e. The van der Waals surface area contributed by atoms with Gasteiger partial charge in [-0.2, -0.15) is 26.3 Å². The molecule has 0 amide bonds. The number of rotatable bonds is 5. The second-order valence-electron chi connectivity index (χ2n) is 6.49. The first-order valence-electron chi connectivity index (χ1n) is 7.38. The van der Waals surface area contributed by atoms with E-state index in [1.807, 2.05) is 0 Å². The third-order valence-electron chi connectivity index (χ3n) is 4.26. The molecule has 1 aromatic rings. The van der Waals surface area contributed by atoms with Gasteiger partial charge in [0.25, 0.3) is 0 Å². The average Bonchev–Trinajstić information content (AvgIpc) is 2.43. The summed E-state index contributed by atoms with van der Waals surface area (Å²) >= 11 is 0. The van der Waals surface area contributed by atoms with E-state index in [1.165, 1.54) is 20.8 Å². The zero-order valence-electron chi connectivity index (χ0n) is 13.8. The zero-order chi connectivity index (χ0) is 19.8. The molecular weight excluding hydrogens is 352 g/mol. The van der Waals surface area contributed by atoms with Crippen molar-refractivity contribution in [3.8, 4) is 0 Å². The summed E-state index contributed by atoms with van der Waals surface area (Å²) in [5.41, 5.74) is 1.00. The molecule has 0 spiro atoms. The lowest BCUT2D eigenvalue weighted by Gasteiger charge is -2.29. The van der Waals surface area contributed by atoms with E-state index in [2.05, 4.69) is 0 Å². The van der Waals surface area contributed by atoms with E-state index >= 15 is 0 Å². The Balaban J connectivity index is 3.34. The second kappa shape index (κ2) is 6.86. The molecule has 3 unspecified atom stereocenters. The van der Waals surface area contributed by atoms with Gasteiger partial charge in [-0.1, -0.05) is 13.8 Å². The maximum atomic E-state index is 13.2. The quantitative estimate of drug-likeness (QED) is 0.741. The fraction of sp³-hybridized carbons (Fsp3) is 0.562. The van der Waals surface area contributed by atoms with E-state index in [-0.39, 0.29) is 6.42 Å². The van der Waals surface area contributed by atoms with E-state index in [4.69, 9.17) is 10.8 Å². The molecule has 0 aromatic heterocycles. The van der Waals surface area contributed by atoms with Crippen LogP contribution in [0.2, 0.25) is 0 Å². The van der Waals surface area contributed by atoms with Gasteiger partial charge in [-0.05, 0) is 48.9 Å². The monoisotopic (exact) mass is 371 g/mol. The molecule has 3 N–H and O–H groups in total. The van der Waals surface area contributed by atoms with Crippen molar-refractivity contribution in [2.24, 2.45) is 11.7 Å². The minimum absolute atomic E-state index is 0.197. The van der Waals surface area contributed by atoms with Gasteiger partial charge in [-0.15, -0.1) is 0 Å². The minimum Gasteiger partial charge on any atom is -0.480 e. The Morgan fingerprint density at radius 1 is 1.12 bits per heavy atom. The maximum absolute atomic E-state index is 13.2. The van der Waals surface area contributed by atoms with Crippen molar-refractivity contribution in [2.75, 3.05) is 0 Å². The number of carbonyl (C=O) groups is 1. The topological polar surface area (TPSA) is 63.3 Å². The normalized spacial score (nSPS) is 17.7. The van der Waals surface area contributed by atoms with Crippen molar-refractivity contribution in [2.45, 2.75) is 51.0 Å². The van der Waals surface area contributed by atoms with Crippen molar-refractivity contribution in [1.29, 1.82) is 0 Å². The SMILES string of the molecule is CC(CC(C)(N)C(=O)O)C(C)c1cc(C(F)(F)F)ccc1C(F)(F)F. The number of aliphatic carboxylic acids is 1. The average molecular weight is 371 g/mol. The lowest BCUT2D eigenvalue weighted by molar-refractivity contribution is -0.143. The lowest BCUT2D eigenvalue weighted by Crippen LogP contribution is -2.46. The van der Waals surface area contributed by atoms with Crippen LogP contribution < -0.4 is 5.73 Å². The van der Waals surface area contributed by atoms with Gasteiger partial charge < -0.3 is 10.8 Å². The Bertz CT molecular complexity index is 636. The highest BCUT2D eigenvalue weighted by Gasteiger charge is 2.40. The molecule has 0 saturated carbocycles. The molecule has 0 bridgehead atoms. The first-order valence-corrected chi connectivity index (χ1v) is 7.38. The standard InChI is InChI=1S/C16H19F6NO2/c1-8(7-14(3,23)13(24)25)9(2)11-6-10(15(17,18)19)4-5-12(11)16(20,21)22/h4-6,8-9H,7,23H2,1-3H3,(H,24,25). The van der Waals surface area contributed by atoms with Crippen LogP contribution in [-0.4, -0.2) is 16.6 Å². The first kappa shape index (κ1) is 21.3. The third-order valence-corrected chi connectivity index (χ3v) is 4.26. The summed E-state index contributed by atoms with van der Waals surface area (Å²) in [6, 6.07) is 1.26. The molecule has 0 aliphatic carbocycles. The molecule has 3 atom stereocenters. The predicted octanol–water partition coefficient (Wildman–Crippen LogP) is 4.66. The van der Waals surface area contributed by atoms with Gasteiger partial charge in [0.2, 0.25) is 0 Å². The predicted molar refractivity (Wildman–Crippen MR) is 78.9 cm³/mol. The fourth-order valence-electron chi connectivity index (χ4n) is 2.61. The van der Waals surface area contributed by atoms with Crippen LogP contribution in [0, 0.1) is 5.92 Å². The molecule has 1 rings (SSSR count). The molecule has 142 valence electrons. The summed E-state index contributed by atoms with van der Waals surface area (Å²) in [6.07, 6.45) is -9.81. The Kier molecular flexibility index (Phi) is 5.83. The summed E-state index contributed by atoms with van der Waals surface area (Å²) in [6.45, 7) is 3.99. The van der Waals surface area contributed by atoms with Gasteiger partial charge in [-0.3, -0.25) is 4.79 Å². The van der Waals surface area contributed by atoms with Crippen molar-refractivity contribution in [3.05, 3.63) is 34.9 Å². The Labute approximate surface area is 140 Å². The number of carboxylic acid groups (broad SMARTS) is 1. The Morgan fingerprint density at radius 3 is 2.04 bits per heavy atom. The van der Waals surface area contributed by atoms with Crippen LogP contribution in [-0.2, 0) is 17.1 Å². The highest BCUT2D eigenvalue weighted by Crippen LogP contribution is 2.41. The number of hydrogen-bond acceptors (Lipinski definition) is 2. The minimum atomic E-state index is -4.83. The summed E-state index contributed by atoms with van der Waals surface area (Å²) in [4.78, 5) is 11.1. The smallest absolute Gasteiger partial charge is 0.416 e. The molecule has 0 heterocycles. The van der Waals surface area contributed by atoms with Gasteiger partial charge in [0.1, 0.15) is 5.54 Å². The molecule has 9 heteroatoms. The zero-order valence-corrected chi connectivity index (χ0v) is 13.8. The molecule has 0 radical (unpaired) electrons. The fourth-order valence-corrected chi connectivity index (χ4v) is 2.61. The van der Waals surface area contributed by atoms with Gasteiger partial charge in [0.05, 0.1) is 11.1 Å². The summed E-state index contributed by atoms with van der Waals surface area (Å²) in [5, 5.41) is 9.02. The van der Waals surface area contributed by atoms with Crippen LogP contribution in [0.5, 0.6) is 0 Å². The number of benzene rings is 1. The lowest BCUT2D eigenvalue weighted by atomic mass is 9.78. The molecule has 0 aliphatic heterocycles. The largest absolute Gasteiger partial charge is 0.480 e. The first-order chi connectivity index (χ1) is 11.1. The number of hydrogen-bond donors (Lipinski definition) is 2. The molecule has 3 nitrogen and oxygen atoms in total. The second-order valence-corrected chi connectivity index (χ2v) is 6.49.